The normalized spacial score (nSPS) is 26.9. The summed E-state index contributed by atoms with van der Waals surface area (Å²) in [7, 11) is -3.96. The fourth-order valence-corrected chi connectivity index (χ4v) is 7.96. The van der Waals surface area contributed by atoms with Crippen LogP contribution in [0.1, 0.15) is 45.1 Å². The summed E-state index contributed by atoms with van der Waals surface area (Å²) in [4.78, 5) is 17.6. The van der Waals surface area contributed by atoms with Gasteiger partial charge in [-0.15, -0.1) is 0 Å². The fourth-order valence-electron chi connectivity index (χ4n) is 6.07. The van der Waals surface area contributed by atoms with Crippen LogP contribution in [-0.4, -0.2) is 54.3 Å². The number of halogens is 5. The maximum Gasteiger partial charge on any atom is 0.390 e. The predicted molar refractivity (Wildman–Crippen MR) is 142 cm³/mol. The standard InChI is InChI=1S/C27H29ClF4N4O3S/c1-24(2)21(22(37)33-11-10-27(30,31)32)34-23(35-24)25-14-26(15-25,16-25)36(13-17-8-9-19(28)20(29)12-17)40(38,39)18-6-4-3-5-7-18/h3-9,12,21H,10-11,13-16H2,1-2H3,(H,33,37)(H,34,35)/t21-,25?,26?/m0/s1. The van der Waals surface area contributed by atoms with E-state index in [0.29, 0.717) is 30.7 Å². The molecule has 2 aromatic carbocycles. The lowest BCUT2D eigenvalue weighted by atomic mass is 9.38. The number of hydrogen-bond acceptors (Lipinski definition) is 5. The van der Waals surface area contributed by atoms with Crippen LogP contribution in [0.15, 0.2) is 58.4 Å². The van der Waals surface area contributed by atoms with Crippen molar-refractivity contribution in [1.82, 2.24) is 14.9 Å². The molecule has 40 heavy (non-hydrogen) atoms. The number of carbonyl (C=O) groups excluding carboxylic acids is 1. The van der Waals surface area contributed by atoms with Gasteiger partial charge in [-0.1, -0.05) is 35.9 Å². The lowest BCUT2D eigenvalue weighted by Crippen LogP contribution is -2.78. The molecule has 1 aliphatic heterocycles. The van der Waals surface area contributed by atoms with E-state index in [1.807, 2.05) is 0 Å². The molecule has 7 nitrogen and oxygen atoms in total. The van der Waals surface area contributed by atoms with Crippen LogP contribution in [0.4, 0.5) is 17.6 Å². The highest BCUT2D eigenvalue weighted by atomic mass is 35.5. The van der Waals surface area contributed by atoms with Gasteiger partial charge in [-0.3, -0.25) is 9.79 Å². The first kappa shape index (κ1) is 28.8. The van der Waals surface area contributed by atoms with Gasteiger partial charge in [-0.05, 0) is 62.9 Å². The lowest BCUT2D eigenvalue weighted by molar-refractivity contribution is -0.151. The summed E-state index contributed by atoms with van der Waals surface area (Å²) in [6.45, 7) is 2.86. The van der Waals surface area contributed by atoms with Crippen LogP contribution in [0.25, 0.3) is 0 Å². The second kappa shape index (κ2) is 9.70. The Labute approximate surface area is 235 Å². The van der Waals surface area contributed by atoms with Gasteiger partial charge in [0.1, 0.15) is 17.7 Å². The first-order valence-corrected chi connectivity index (χ1v) is 14.6. The van der Waals surface area contributed by atoms with Crippen LogP contribution < -0.4 is 10.6 Å². The highest BCUT2D eigenvalue weighted by Gasteiger charge is 2.75. The zero-order valence-corrected chi connectivity index (χ0v) is 23.4. The van der Waals surface area contributed by atoms with Crippen LogP contribution >= 0.6 is 11.6 Å². The topological polar surface area (TPSA) is 90.9 Å². The molecule has 0 unspecified atom stereocenters. The lowest BCUT2D eigenvalue weighted by Gasteiger charge is -2.72. The number of nitrogens with zero attached hydrogens (tertiary/aromatic N) is 2. The molecular weight excluding hydrogens is 572 g/mol. The molecule has 216 valence electrons. The number of amides is 1. The molecule has 2 bridgehead atoms. The second-order valence-electron chi connectivity index (χ2n) is 11.5. The van der Waals surface area contributed by atoms with E-state index in [9.17, 15) is 30.8 Å². The maximum atomic E-state index is 14.2. The molecule has 2 aromatic rings. The average Bonchev–Trinajstić information content (AvgIpc) is 3.13. The quantitative estimate of drug-likeness (QED) is 0.404. The van der Waals surface area contributed by atoms with Gasteiger partial charge in [0.15, 0.2) is 0 Å². The molecule has 6 rings (SSSR count). The maximum absolute atomic E-state index is 14.2. The Hall–Kier alpha value is -2.70. The predicted octanol–water partition coefficient (Wildman–Crippen LogP) is 4.81. The Morgan fingerprint density at radius 2 is 1.80 bits per heavy atom. The number of carbonyl (C=O) groups is 1. The second-order valence-corrected chi connectivity index (χ2v) is 13.7. The van der Waals surface area contributed by atoms with Crippen molar-refractivity contribution in [2.45, 2.75) is 74.3 Å². The molecule has 0 radical (unpaired) electrons. The minimum atomic E-state index is -4.38. The van der Waals surface area contributed by atoms with E-state index in [1.165, 1.54) is 28.6 Å². The largest absolute Gasteiger partial charge is 0.390 e. The van der Waals surface area contributed by atoms with E-state index in [0.717, 1.165) is 0 Å². The summed E-state index contributed by atoms with van der Waals surface area (Å²) in [6, 6.07) is 11.4. The number of benzene rings is 2. The number of rotatable bonds is 9. The molecule has 3 saturated carbocycles. The van der Waals surface area contributed by atoms with Gasteiger partial charge in [0.25, 0.3) is 0 Å². The number of sulfonamides is 1. The van der Waals surface area contributed by atoms with Gasteiger partial charge >= 0.3 is 6.18 Å². The van der Waals surface area contributed by atoms with Crippen molar-refractivity contribution in [3.63, 3.8) is 0 Å². The number of aliphatic imine (C=N–C) groups is 1. The van der Waals surface area contributed by atoms with Gasteiger partial charge in [-0.25, -0.2) is 12.8 Å². The third kappa shape index (κ3) is 5.09. The number of hydrogen-bond donors (Lipinski definition) is 2. The monoisotopic (exact) mass is 600 g/mol. The fraction of sp³-hybridized carbons (Fsp3) is 0.481. The first-order chi connectivity index (χ1) is 18.6. The highest BCUT2D eigenvalue weighted by Crippen LogP contribution is 2.71. The highest BCUT2D eigenvalue weighted by molar-refractivity contribution is 7.89. The Kier molecular flexibility index (Phi) is 6.99. The molecule has 4 aliphatic rings. The van der Waals surface area contributed by atoms with Crippen LogP contribution in [0.5, 0.6) is 0 Å². The van der Waals surface area contributed by atoms with Gasteiger partial charge in [-0.2, -0.15) is 17.5 Å². The molecule has 1 heterocycles. The summed E-state index contributed by atoms with van der Waals surface area (Å²) in [5.41, 5.74) is -1.66. The number of alkyl halides is 3. The van der Waals surface area contributed by atoms with Gasteiger partial charge < -0.3 is 10.6 Å². The Morgan fingerprint density at radius 1 is 1.15 bits per heavy atom. The van der Waals surface area contributed by atoms with Gasteiger partial charge in [0.05, 0.1) is 21.9 Å². The number of amidine groups is 1. The summed E-state index contributed by atoms with van der Waals surface area (Å²) < 4.78 is 80.8. The Morgan fingerprint density at radius 3 is 2.40 bits per heavy atom. The molecule has 3 fully saturated rings. The van der Waals surface area contributed by atoms with Crippen LogP contribution in [0, 0.1) is 11.2 Å². The van der Waals surface area contributed by atoms with Crippen LogP contribution in [0.2, 0.25) is 5.02 Å². The third-order valence-corrected chi connectivity index (χ3v) is 10.3. The minimum absolute atomic E-state index is 0.0585. The van der Waals surface area contributed by atoms with Crippen molar-refractivity contribution < 1.29 is 30.8 Å². The smallest absolute Gasteiger partial charge is 0.360 e. The molecule has 0 spiro atoms. The third-order valence-electron chi connectivity index (χ3n) is 8.03. The van der Waals surface area contributed by atoms with E-state index in [2.05, 4.69) is 10.6 Å². The van der Waals surface area contributed by atoms with Gasteiger partial charge in [0, 0.05) is 24.0 Å². The SMILES string of the molecule is CC1(C)N=C(C23CC(N(Cc4ccc(Cl)c(F)c4)S(=O)(=O)c4ccccc4)(C2)C3)N[C@H]1C(=O)NCCC(F)(F)F. The summed E-state index contributed by atoms with van der Waals surface area (Å²) in [5.74, 6) is -0.658. The Balaban J connectivity index is 1.34. The van der Waals surface area contributed by atoms with Crippen molar-refractivity contribution in [2.75, 3.05) is 6.54 Å². The zero-order chi connectivity index (χ0) is 29.1. The Bertz CT molecular complexity index is 1440. The van der Waals surface area contributed by atoms with Crippen LogP contribution in [-0.2, 0) is 21.4 Å². The van der Waals surface area contributed by atoms with Crippen molar-refractivity contribution >= 4 is 33.4 Å². The first-order valence-electron chi connectivity index (χ1n) is 12.8. The van der Waals surface area contributed by atoms with Crippen LogP contribution in [0.3, 0.4) is 0 Å². The van der Waals surface area contributed by atoms with E-state index in [4.69, 9.17) is 16.6 Å². The molecule has 3 aliphatic carbocycles. The number of nitrogens with one attached hydrogen (secondary N) is 2. The van der Waals surface area contributed by atoms with E-state index >= 15 is 0 Å². The summed E-state index contributed by atoms with van der Waals surface area (Å²) in [6.07, 6.45) is -4.20. The van der Waals surface area contributed by atoms with Crippen molar-refractivity contribution in [3.05, 3.63) is 64.9 Å². The van der Waals surface area contributed by atoms with Crippen molar-refractivity contribution in [3.8, 4) is 0 Å². The molecule has 1 amide bonds. The van der Waals surface area contributed by atoms with Crippen molar-refractivity contribution in [2.24, 2.45) is 10.4 Å². The molecule has 2 N–H and O–H groups in total. The molecule has 1 atom stereocenters. The summed E-state index contributed by atoms with van der Waals surface area (Å²) in [5, 5.41) is 5.40. The average molecular weight is 601 g/mol. The molecule has 0 saturated heterocycles. The van der Waals surface area contributed by atoms with E-state index in [1.54, 1.807) is 38.1 Å². The zero-order valence-electron chi connectivity index (χ0n) is 21.9. The molecular formula is C27H29ClF4N4O3S. The minimum Gasteiger partial charge on any atom is -0.360 e. The summed E-state index contributed by atoms with van der Waals surface area (Å²) >= 11 is 5.83. The molecule has 0 aromatic heterocycles. The van der Waals surface area contributed by atoms with E-state index in [-0.39, 0.29) is 16.5 Å². The van der Waals surface area contributed by atoms with Gasteiger partial charge in [0.2, 0.25) is 15.9 Å². The molecule has 13 heteroatoms. The van der Waals surface area contributed by atoms with E-state index < -0.39 is 63.4 Å². The van der Waals surface area contributed by atoms with Crippen molar-refractivity contribution in [1.29, 1.82) is 0 Å².